The molecule has 138 valence electrons. The van der Waals surface area contributed by atoms with Gasteiger partial charge in [-0.25, -0.2) is 4.98 Å². The van der Waals surface area contributed by atoms with E-state index in [1.165, 1.54) is 29.1 Å². The number of likely N-dealkylation sites (tertiary alicyclic amines) is 1. The lowest BCUT2D eigenvalue weighted by molar-refractivity contribution is 0.273. The Balaban J connectivity index is 0.00000225. The number of hydrogen-bond donors (Lipinski definition) is 2. The van der Waals surface area contributed by atoms with Crippen molar-refractivity contribution in [2.24, 2.45) is 10.7 Å². The summed E-state index contributed by atoms with van der Waals surface area (Å²) in [4.78, 5) is 11.7. The fraction of sp³-hybridized carbons (Fsp3) is 0.556. The van der Waals surface area contributed by atoms with E-state index in [1.807, 2.05) is 6.07 Å². The van der Waals surface area contributed by atoms with Gasteiger partial charge in [-0.05, 0) is 44.5 Å². The van der Waals surface area contributed by atoms with Crippen LogP contribution in [0.2, 0.25) is 0 Å². The summed E-state index contributed by atoms with van der Waals surface area (Å²) in [7, 11) is 0. The Bertz CT molecular complexity index is 654. The van der Waals surface area contributed by atoms with Gasteiger partial charge in [-0.2, -0.15) is 0 Å². The molecule has 2 aromatic rings. The quantitative estimate of drug-likeness (QED) is 0.281. The predicted octanol–water partition coefficient (Wildman–Crippen LogP) is 3.24. The number of nitrogens with zero attached hydrogens (tertiary/aromatic N) is 3. The van der Waals surface area contributed by atoms with Crippen LogP contribution < -0.4 is 11.1 Å². The van der Waals surface area contributed by atoms with Crippen LogP contribution in [0.3, 0.4) is 0 Å². The van der Waals surface area contributed by atoms with Crippen molar-refractivity contribution in [2.75, 3.05) is 26.2 Å². The SMILES string of the molecule is CCN1CCCC1CN=C(N)NCCCc1nc2ccccc2s1.I. The number of halogens is 1. The van der Waals surface area contributed by atoms with Crippen molar-refractivity contribution in [1.82, 2.24) is 15.2 Å². The van der Waals surface area contributed by atoms with E-state index in [0.717, 1.165) is 38.0 Å². The van der Waals surface area contributed by atoms with E-state index in [0.29, 0.717) is 12.0 Å². The lowest BCUT2D eigenvalue weighted by Crippen LogP contribution is -2.36. The molecule has 25 heavy (non-hydrogen) atoms. The third kappa shape index (κ3) is 5.79. The van der Waals surface area contributed by atoms with E-state index in [-0.39, 0.29) is 24.0 Å². The van der Waals surface area contributed by atoms with Gasteiger partial charge in [0.15, 0.2) is 5.96 Å². The highest BCUT2D eigenvalue weighted by molar-refractivity contribution is 14.0. The van der Waals surface area contributed by atoms with Gasteiger partial charge < -0.3 is 11.1 Å². The van der Waals surface area contributed by atoms with E-state index >= 15 is 0 Å². The number of para-hydroxylation sites is 1. The highest BCUT2D eigenvalue weighted by Gasteiger charge is 2.22. The first kappa shape index (κ1) is 20.4. The van der Waals surface area contributed by atoms with Crippen LogP contribution in [0.4, 0.5) is 0 Å². The molecule has 2 heterocycles. The second-order valence-electron chi connectivity index (χ2n) is 6.26. The Morgan fingerprint density at radius 3 is 3.08 bits per heavy atom. The van der Waals surface area contributed by atoms with Crippen LogP contribution in [0.1, 0.15) is 31.2 Å². The summed E-state index contributed by atoms with van der Waals surface area (Å²) in [5, 5.41) is 4.42. The molecule has 1 saturated heterocycles. The Hall–Kier alpha value is -0.930. The number of likely N-dealkylation sites (N-methyl/N-ethyl adjacent to an activating group) is 1. The number of aromatic nitrogens is 1. The number of aliphatic imine (C=N–C) groups is 1. The summed E-state index contributed by atoms with van der Waals surface area (Å²) in [6, 6.07) is 8.86. The van der Waals surface area contributed by atoms with Crippen molar-refractivity contribution >= 4 is 51.5 Å². The molecule has 1 aliphatic rings. The summed E-state index contributed by atoms with van der Waals surface area (Å²) >= 11 is 1.78. The molecule has 0 bridgehead atoms. The van der Waals surface area contributed by atoms with Crippen molar-refractivity contribution in [1.29, 1.82) is 0 Å². The molecule has 1 aliphatic heterocycles. The number of nitrogens with one attached hydrogen (secondary N) is 1. The normalized spacial score (nSPS) is 18.4. The maximum atomic E-state index is 5.99. The fourth-order valence-corrected chi connectivity index (χ4v) is 4.27. The summed E-state index contributed by atoms with van der Waals surface area (Å²) in [6.45, 7) is 6.17. The topological polar surface area (TPSA) is 66.5 Å². The first-order valence-corrected chi connectivity index (χ1v) is 9.70. The highest BCUT2D eigenvalue weighted by Crippen LogP contribution is 2.22. The second-order valence-corrected chi connectivity index (χ2v) is 7.37. The zero-order valence-electron chi connectivity index (χ0n) is 14.8. The van der Waals surface area contributed by atoms with Gasteiger partial charge in [-0.15, -0.1) is 35.3 Å². The molecular weight excluding hydrogens is 445 g/mol. The molecule has 3 N–H and O–H groups in total. The van der Waals surface area contributed by atoms with Gasteiger partial charge in [-0.1, -0.05) is 19.1 Å². The van der Waals surface area contributed by atoms with Crippen molar-refractivity contribution in [3.63, 3.8) is 0 Å². The Kier molecular flexibility index (Phi) is 8.38. The van der Waals surface area contributed by atoms with E-state index in [9.17, 15) is 0 Å². The number of hydrogen-bond acceptors (Lipinski definition) is 4. The monoisotopic (exact) mass is 473 g/mol. The molecule has 0 amide bonds. The molecule has 0 aliphatic carbocycles. The van der Waals surface area contributed by atoms with Crippen molar-refractivity contribution in [2.45, 2.75) is 38.6 Å². The standard InChI is InChI=1S/C18H27N5S.HI/c1-2-23-12-6-7-14(23)13-21-18(19)20-11-5-10-17-22-15-8-3-4-9-16(15)24-17;/h3-4,8-9,14H,2,5-7,10-13H2,1H3,(H3,19,20,21);1H. The zero-order valence-corrected chi connectivity index (χ0v) is 17.9. The minimum atomic E-state index is 0. The lowest BCUT2D eigenvalue weighted by atomic mass is 10.2. The summed E-state index contributed by atoms with van der Waals surface area (Å²) in [5.41, 5.74) is 7.09. The molecule has 1 aromatic heterocycles. The molecule has 3 rings (SSSR count). The lowest BCUT2D eigenvalue weighted by Gasteiger charge is -2.20. The minimum absolute atomic E-state index is 0. The van der Waals surface area contributed by atoms with E-state index < -0.39 is 0 Å². The molecule has 1 atom stereocenters. The predicted molar refractivity (Wildman–Crippen MR) is 118 cm³/mol. The largest absolute Gasteiger partial charge is 0.370 e. The third-order valence-corrected chi connectivity index (χ3v) is 5.69. The van der Waals surface area contributed by atoms with Gasteiger partial charge >= 0.3 is 0 Å². The maximum absolute atomic E-state index is 5.99. The van der Waals surface area contributed by atoms with Crippen LogP contribution in [0, 0.1) is 0 Å². The van der Waals surface area contributed by atoms with Crippen molar-refractivity contribution < 1.29 is 0 Å². The van der Waals surface area contributed by atoms with E-state index in [2.05, 4.69) is 45.3 Å². The molecule has 5 nitrogen and oxygen atoms in total. The Labute approximate surface area is 171 Å². The summed E-state index contributed by atoms with van der Waals surface area (Å²) in [6.07, 6.45) is 4.51. The van der Waals surface area contributed by atoms with Crippen LogP contribution in [0.25, 0.3) is 10.2 Å². The number of thiazole rings is 1. The van der Waals surface area contributed by atoms with Gasteiger partial charge in [0, 0.05) is 19.0 Å². The molecule has 7 heteroatoms. The van der Waals surface area contributed by atoms with Crippen LogP contribution in [0.15, 0.2) is 29.3 Å². The van der Waals surface area contributed by atoms with Gasteiger partial charge in [0.1, 0.15) is 0 Å². The molecular formula is C18H28IN5S. The molecule has 1 aromatic carbocycles. The maximum Gasteiger partial charge on any atom is 0.188 e. The average molecular weight is 473 g/mol. The highest BCUT2D eigenvalue weighted by atomic mass is 127. The summed E-state index contributed by atoms with van der Waals surface area (Å²) in [5.74, 6) is 0.572. The number of benzene rings is 1. The zero-order chi connectivity index (χ0) is 16.8. The van der Waals surface area contributed by atoms with Crippen LogP contribution in [-0.2, 0) is 6.42 Å². The first-order valence-electron chi connectivity index (χ1n) is 8.88. The fourth-order valence-electron chi connectivity index (χ4n) is 3.26. The van der Waals surface area contributed by atoms with Crippen molar-refractivity contribution in [3.8, 4) is 0 Å². The first-order chi connectivity index (χ1) is 11.8. The van der Waals surface area contributed by atoms with Crippen LogP contribution >= 0.6 is 35.3 Å². The van der Waals surface area contributed by atoms with Gasteiger partial charge in [0.2, 0.25) is 0 Å². The van der Waals surface area contributed by atoms with E-state index in [4.69, 9.17) is 5.73 Å². The number of rotatable bonds is 7. The smallest absolute Gasteiger partial charge is 0.188 e. The molecule has 0 spiro atoms. The Morgan fingerprint density at radius 1 is 1.44 bits per heavy atom. The number of aryl methyl sites for hydroxylation is 1. The van der Waals surface area contributed by atoms with Crippen molar-refractivity contribution in [3.05, 3.63) is 29.3 Å². The van der Waals surface area contributed by atoms with Crippen LogP contribution in [0.5, 0.6) is 0 Å². The van der Waals surface area contributed by atoms with E-state index in [1.54, 1.807) is 11.3 Å². The molecule has 0 radical (unpaired) electrons. The number of nitrogens with two attached hydrogens (primary N) is 1. The number of guanidine groups is 1. The van der Waals surface area contributed by atoms with Gasteiger partial charge in [0.25, 0.3) is 0 Å². The molecule has 1 fully saturated rings. The summed E-state index contributed by atoms with van der Waals surface area (Å²) < 4.78 is 1.26. The average Bonchev–Trinajstić information content (AvgIpc) is 3.22. The molecule has 0 saturated carbocycles. The van der Waals surface area contributed by atoms with Crippen LogP contribution in [-0.4, -0.2) is 48.1 Å². The minimum Gasteiger partial charge on any atom is -0.370 e. The van der Waals surface area contributed by atoms with Gasteiger partial charge in [0.05, 0.1) is 21.8 Å². The number of fused-ring (bicyclic) bond motifs is 1. The Morgan fingerprint density at radius 2 is 2.28 bits per heavy atom. The van der Waals surface area contributed by atoms with Gasteiger partial charge in [-0.3, -0.25) is 9.89 Å². The second kappa shape index (κ2) is 10.3. The molecule has 1 unspecified atom stereocenters. The third-order valence-electron chi connectivity index (χ3n) is 4.59.